The summed E-state index contributed by atoms with van der Waals surface area (Å²) in [6.45, 7) is 0.879. The van der Waals surface area contributed by atoms with Crippen molar-refractivity contribution >= 4 is 5.91 Å². The number of carbonyl (C=O) groups excluding carboxylic acids is 1. The fourth-order valence-corrected chi connectivity index (χ4v) is 3.32. The summed E-state index contributed by atoms with van der Waals surface area (Å²) in [7, 11) is 0. The van der Waals surface area contributed by atoms with Crippen molar-refractivity contribution in [2.45, 2.75) is 75.9 Å². The van der Waals surface area contributed by atoms with Gasteiger partial charge >= 0.3 is 0 Å². The molecular weight excluding hydrogens is 240 g/mol. The van der Waals surface area contributed by atoms with Crippen LogP contribution in [0.3, 0.4) is 0 Å². The average molecular weight is 268 g/mol. The summed E-state index contributed by atoms with van der Waals surface area (Å²) in [5.74, 6) is 0.0753. The SMILES string of the molecule is O=C(CNCC1(O)CCCCC1)NC1CCCCC1. The Balaban J connectivity index is 1.60. The smallest absolute Gasteiger partial charge is 0.234 e. The highest BCUT2D eigenvalue weighted by atomic mass is 16.3. The van der Waals surface area contributed by atoms with E-state index in [1.807, 2.05) is 0 Å². The Kier molecular flexibility index (Phi) is 5.64. The summed E-state index contributed by atoms with van der Waals surface area (Å²) in [5.41, 5.74) is -0.580. The molecular formula is C15H28N2O2. The van der Waals surface area contributed by atoms with E-state index < -0.39 is 5.60 Å². The number of aliphatic hydroxyl groups is 1. The first-order chi connectivity index (χ1) is 9.18. The lowest BCUT2D eigenvalue weighted by atomic mass is 9.85. The van der Waals surface area contributed by atoms with E-state index in [1.165, 1.54) is 25.7 Å². The Morgan fingerprint density at radius 3 is 2.37 bits per heavy atom. The van der Waals surface area contributed by atoms with Gasteiger partial charge in [-0.3, -0.25) is 4.79 Å². The first-order valence-electron chi connectivity index (χ1n) is 7.90. The van der Waals surface area contributed by atoms with Crippen molar-refractivity contribution in [2.24, 2.45) is 0 Å². The van der Waals surface area contributed by atoms with Crippen LogP contribution < -0.4 is 10.6 Å². The summed E-state index contributed by atoms with van der Waals surface area (Å²) >= 11 is 0. The van der Waals surface area contributed by atoms with Gasteiger partial charge in [0.1, 0.15) is 0 Å². The highest BCUT2D eigenvalue weighted by Gasteiger charge is 2.28. The molecule has 0 heterocycles. The molecule has 0 unspecified atom stereocenters. The van der Waals surface area contributed by atoms with Crippen LogP contribution in [0.1, 0.15) is 64.2 Å². The molecule has 2 aliphatic carbocycles. The molecule has 0 spiro atoms. The van der Waals surface area contributed by atoms with Gasteiger partial charge in [-0.05, 0) is 25.7 Å². The maximum absolute atomic E-state index is 11.8. The minimum Gasteiger partial charge on any atom is -0.389 e. The largest absolute Gasteiger partial charge is 0.389 e. The van der Waals surface area contributed by atoms with Crippen molar-refractivity contribution in [3.63, 3.8) is 0 Å². The van der Waals surface area contributed by atoms with E-state index in [1.54, 1.807) is 0 Å². The summed E-state index contributed by atoms with van der Waals surface area (Å²) < 4.78 is 0. The van der Waals surface area contributed by atoms with Crippen molar-refractivity contribution in [3.8, 4) is 0 Å². The van der Waals surface area contributed by atoms with E-state index in [-0.39, 0.29) is 5.91 Å². The molecule has 110 valence electrons. The number of rotatable bonds is 5. The van der Waals surface area contributed by atoms with E-state index in [0.717, 1.165) is 38.5 Å². The molecule has 0 aromatic carbocycles. The van der Waals surface area contributed by atoms with Crippen LogP contribution in [0.5, 0.6) is 0 Å². The van der Waals surface area contributed by atoms with Crippen LogP contribution in [0.25, 0.3) is 0 Å². The van der Waals surface area contributed by atoms with Crippen molar-refractivity contribution in [2.75, 3.05) is 13.1 Å². The molecule has 0 aliphatic heterocycles. The van der Waals surface area contributed by atoms with Crippen LogP contribution in [-0.2, 0) is 4.79 Å². The third-order valence-corrected chi connectivity index (χ3v) is 4.49. The Morgan fingerprint density at radius 2 is 1.68 bits per heavy atom. The van der Waals surface area contributed by atoms with E-state index in [0.29, 0.717) is 19.1 Å². The van der Waals surface area contributed by atoms with Gasteiger partial charge in [-0.25, -0.2) is 0 Å². The molecule has 2 aliphatic rings. The van der Waals surface area contributed by atoms with Crippen LogP contribution in [0, 0.1) is 0 Å². The topological polar surface area (TPSA) is 61.4 Å². The lowest BCUT2D eigenvalue weighted by Crippen LogP contribution is -2.47. The van der Waals surface area contributed by atoms with E-state index in [2.05, 4.69) is 10.6 Å². The monoisotopic (exact) mass is 268 g/mol. The Labute approximate surface area is 116 Å². The summed E-state index contributed by atoms with van der Waals surface area (Å²) in [6.07, 6.45) is 11.2. The van der Waals surface area contributed by atoms with Gasteiger partial charge in [-0.15, -0.1) is 0 Å². The van der Waals surface area contributed by atoms with Crippen molar-refractivity contribution < 1.29 is 9.90 Å². The van der Waals surface area contributed by atoms with E-state index in [4.69, 9.17) is 0 Å². The molecule has 3 N–H and O–H groups in total. The minimum absolute atomic E-state index is 0.0753. The normalized spacial score (nSPS) is 24.1. The van der Waals surface area contributed by atoms with Gasteiger partial charge in [0.25, 0.3) is 0 Å². The van der Waals surface area contributed by atoms with Gasteiger partial charge in [0, 0.05) is 12.6 Å². The maximum Gasteiger partial charge on any atom is 0.234 e. The first kappa shape index (κ1) is 14.8. The molecule has 2 fully saturated rings. The van der Waals surface area contributed by atoms with Gasteiger partial charge in [0.2, 0.25) is 5.91 Å². The van der Waals surface area contributed by atoms with E-state index in [9.17, 15) is 9.90 Å². The zero-order chi connectivity index (χ0) is 13.6. The lowest BCUT2D eigenvalue weighted by molar-refractivity contribution is -0.121. The Morgan fingerprint density at radius 1 is 1.05 bits per heavy atom. The number of carbonyl (C=O) groups is 1. The van der Waals surface area contributed by atoms with Crippen LogP contribution in [-0.4, -0.2) is 35.7 Å². The quantitative estimate of drug-likeness (QED) is 0.711. The maximum atomic E-state index is 11.8. The molecule has 4 heteroatoms. The highest BCUT2D eigenvalue weighted by molar-refractivity contribution is 5.78. The molecule has 0 bridgehead atoms. The number of hydrogen-bond donors (Lipinski definition) is 3. The first-order valence-corrected chi connectivity index (χ1v) is 7.90. The second kappa shape index (κ2) is 7.25. The van der Waals surface area contributed by atoms with Crippen LogP contribution in [0.15, 0.2) is 0 Å². The molecule has 4 nitrogen and oxygen atoms in total. The molecule has 1 amide bonds. The molecule has 0 radical (unpaired) electrons. The highest BCUT2D eigenvalue weighted by Crippen LogP contribution is 2.27. The van der Waals surface area contributed by atoms with Crippen LogP contribution in [0.2, 0.25) is 0 Å². The lowest BCUT2D eigenvalue weighted by Gasteiger charge is -2.32. The molecule has 0 atom stereocenters. The Bertz CT molecular complexity index is 282. The molecule has 2 rings (SSSR count). The molecule has 0 aromatic heterocycles. The standard InChI is InChI=1S/C15H28N2O2/c18-14(17-13-7-3-1-4-8-13)11-16-12-15(19)9-5-2-6-10-15/h13,16,19H,1-12H2,(H,17,18). The zero-order valence-electron chi connectivity index (χ0n) is 11.9. The number of amides is 1. The third-order valence-electron chi connectivity index (χ3n) is 4.49. The second-order valence-electron chi connectivity index (χ2n) is 6.29. The Hall–Kier alpha value is -0.610. The average Bonchev–Trinajstić information content (AvgIpc) is 2.40. The molecule has 19 heavy (non-hydrogen) atoms. The van der Waals surface area contributed by atoms with Crippen molar-refractivity contribution in [3.05, 3.63) is 0 Å². The second-order valence-corrected chi connectivity index (χ2v) is 6.29. The fraction of sp³-hybridized carbons (Fsp3) is 0.933. The predicted molar refractivity (Wildman–Crippen MR) is 75.9 cm³/mol. The van der Waals surface area contributed by atoms with Gasteiger partial charge in [0.05, 0.1) is 12.1 Å². The summed E-state index contributed by atoms with van der Waals surface area (Å²) in [4.78, 5) is 11.8. The number of nitrogens with one attached hydrogen (secondary N) is 2. The minimum atomic E-state index is -0.580. The van der Waals surface area contributed by atoms with E-state index >= 15 is 0 Å². The van der Waals surface area contributed by atoms with Crippen molar-refractivity contribution in [1.29, 1.82) is 0 Å². The van der Waals surface area contributed by atoms with Crippen LogP contribution in [0.4, 0.5) is 0 Å². The van der Waals surface area contributed by atoms with Gasteiger partial charge in [-0.2, -0.15) is 0 Å². The number of hydrogen-bond acceptors (Lipinski definition) is 3. The van der Waals surface area contributed by atoms with Gasteiger partial charge in [-0.1, -0.05) is 38.5 Å². The van der Waals surface area contributed by atoms with Gasteiger partial charge < -0.3 is 15.7 Å². The summed E-state index contributed by atoms with van der Waals surface area (Å²) in [5, 5.41) is 16.5. The predicted octanol–water partition coefficient (Wildman–Crippen LogP) is 1.72. The van der Waals surface area contributed by atoms with Gasteiger partial charge in [0.15, 0.2) is 0 Å². The zero-order valence-corrected chi connectivity index (χ0v) is 11.9. The third kappa shape index (κ3) is 5.11. The molecule has 0 saturated heterocycles. The molecule has 0 aromatic rings. The fourth-order valence-electron chi connectivity index (χ4n) is 3.32. The van der Waals surface area contributed by atoms with Crippen molar-refractivity contribution in [1.82, 2.24) is 10.6 Å². The van der Waals surface area contributed by atoms with Crippen LogP contribution >= 0.6 is 0 Å². The molecule has 2 saturated carbocycles. The summed E-state index contributed by atoms with van der Waals surface area (Å²) in [6, 6.07) is 0.376.